The lowest BCUT2D eigenvalue weighted by Gasteiger charge is -2.40. The molecule has 1 atom stereocenters. The van der Waals surface area contributed by atoms with Gasteiger partial charge in [0.2, 0.25) is 0 Å². The Balaban J connectivity index is 1.38. The van der Waals surface area contributed by atoms with Gasteiger partial charge in [0.1, 0.15) is 17.7 Å². The minimum Gasteiger partial charge on any atom is -0.497 e. The van der Waals surface area contributed by atoms with Gasteiger partial charge in [-0.05, 0) is 86.5 Å². The molecule has 1 aliphatic heterocycles. The number of rotatable bonds is 7. The summed E-state index contributed by atoms with van der Waals surface area (Å²) in [7, 11) is 1.57. The van der Waals surface area contributed by atoms with E-state index < -0.39 is 29.0 Å². The molecule has 2 heterocycles. The number of aromatic nitrogens is 1. The van der Waals surface area contributed by atoms with Crippen molar-refractivity contribution in [3.05, 3.63) is 70.7 Å². The van der Waals surface area contributed by atoms with Crippen molar-refractivity contribution in [2.24, 2.45) is 5.41 Å². The van der Waals surface area contributed by atoms with Crippen molar-refractivity contribution in [1.29, 1.82) is 0 Å². The largest absolute Gasteiger partial charge is 0.497 e. The summed E-state index contributed by atoms with van der Waals surface area (Å²) in [5.41, 5.74) is 1.36. The number of hydrogen-bond donors (Lipinski definition) is 1. The van der Waals surface area contributed by atoms with Crippen LogP contribution in [0.25, 0.3) is 10.9 Å². The number of ether oxygens (including phenoxy) is 1. The Morgan fingerprint density at radius 2 is 1.92 bits per heavy atom. The summed E-state index contributed by atoms with van der Waals surface area (Å²) in [5, 5.41) is 10.9. The van der Waals surface area contributed by atoms with E-state index in [2.05, 4.69) is 16.8 Å². The summed E-state index contributed by atoms with van der Waals surface area (Å²) in [6.45, 7) is 3.35. The van der Waals surface area contributed by atoms with Gasteiger partial charge >= 0.3 is 0 Å². The predicted molar refractivity (Wildman–Crippen MR) is 135 cm³/mol. The van der Waals surface area contributed by atoms with Gasteiger partial charge in [-0.25, -0.2) is 17.6 Å². The topological polar surface area (TPSA) is 45.6 Å². The highest BCUT2D eigenvalue weighted by Crippen LogP contribution is 2.40. The van der Waals surface area contributed by atoms with Crippen LogP contribution >= 0.6 is 0 Å². The molecule has 1 N–H and O–H groups in total. The Bertz CT molecular complexity index is 1330. The lowest BCUT2D eigenvalue weighted by atomic mass is 9.74. The Morgan fingerprint density at radius 1 is 1.16 bits per heavy atom. The molecule has 8 heteroatoms. The maximum absolute atomic E-state index is 15.7. The van der Waals surface area contributed by atoms with Gasteiger partial charge in [0.15, 0.2) is 11.6 Å². The third-order valence-corrected chi connectivity index (χ3v) is 7.33. The number of likely N-dealkylation sites (tertiary alicyclic amines) is 1. The Labute approximate surface area is 214 Å². The molecule has 0 bridgehead atoms. The van der Waals surface area contributed by atoms with Gasteiger partial charge in [-0.2, -0.15) is 0 Å². The van der Waals surface area contributed by atoms with Gasteiger partial charge in [-0.3, -0.25) is 9.88 Å². The van der Waals surface area contributed by atoms with Gasteiger partial charge in [-0.1, -0.05) is 11.8 Å². The number of aryl methyl sites for hydroxylation is 1. The monoisotopic (exact) mass is 514 g/mol. The molecule has 196 valence electrons. The van der Waals surface area contributed by atoms with Crippen LogP contribution in [0.4, 0.5) is 17.6 Å². The van der Waals surface area contributed by atoms with Gasteiger partial charge in [-0.15, -0.1) is 0 Å². The van der Waals surface area contributed by atoms with Crippen molar-refractivity contribution in [3.8, 4) is 17.6 Å². The first-order valence-corrected chi connectivity index (χ1v) is 12.3. The molecule has 1 unspecified atom stereocenters. The molecule has 4 nitrogen and oxygen atoms in total. The minimum absolute atomic E-state index is 0.0447. The summed E-state index contributed by atoms with van der Waals surface area (Å²) in [6, 6.07) is 6.78. The second-order valence-corrected chi connectivity index (χ2v) is 9.73. The van der Waals surface area contributed by atoms with Crippen LogP contribution in [-0.2, 0) is 0 Å². The van der Waals surface area contributed by atoms with Crippen molar-refractivity contribution in [2.75, 3.05) is 33.4 Å². The number of hydrogen-bond acceptors (Lipinski definition) is 4. The van der Waals surface area contributed by atoms with Crippen molar-refractivity contribution < 1.29 is 27.4 Å². The third kappa shape index (κ3) is 6.06. The number of piperidine rings is 1. The van der Waals surface area contributed by atoms with E-state index in [0.29, 0.717) is 61.8 Å². The summed E-state index contributed by atoms with van der Waals surface area (Å²) in [6.07, 6.45) is 2.57. The fraction of sp³-hybridized carbons (Fsp3) is 0.414. The quantitative estimate of drug-likeness (QED) is 0.243. The third-order valence-electron chi connectivity index (χ3n) is 7.33. The molecule has 3 aromatic rings. The molecular formula is C29H30F4N2O2. The van der Waals surface area contributed by atoms with Crippen molar-refractivity contribution >= 4 is 10.9 Å². The van der Waals surface area contributed by atoms with Gasteiger partial charge in [0, 0.05) is 24.3 Å². The van der Waals surface area contributed by atoms with E-state index in [1.807, 2.05) is 24.0 Å². The smallest absolute Gasteiger partial charge is 0.174 e. The highest BCUT2D eigenvalue weighted by molar-refractivity contribution is 5.84. The maximum Gasteiger partial charge on any atom is 0.174 e. The van der Waals surface area contributed by atoms with Crippen LogP contribution in [0.2, 0.25) is 0 Å². The number of alkyl halides is 1. The first kappa shape index (κ1) is 26.9. The van der Waals surface area contributed by atoms with Crippen LogP contribution in [-0.4, -0.2) is 48.3 Å². The number of benzene rings is 2. The maximum atomic E-state index is 15.7. The van der Waals surface area contributed by atoms with Crippen LogP contribution in [0.5, 0.6) is 5.75 Å². The zero-order chi connectivity index (χ0) is 26.6. The fourth-order valence-electron chi connectivity index (χ4n) is 4.98. The first-order chi connectivity index (χ1) is 17.7. The van der Waals surface area contributed by atoms with Crippen LogP contribution < -0.4 is 4.74 Å². The molecule has 1 aliphatic rings. The lowest BCUT2D eigenvalue weighted by molar-refractivity contribution is 0.0344. The van der Waals surface area contributed by atoms with E-state index in [1.54, 1.807) is 19.4 Å². The SMILES string of the molecule is COc1ccc2ncc(C)c(C(F)CCC3(CO)CCN(CC#Cc4cc(F)cc(F)c4F)CC3)c2c1. The Hall–Kier alpha value is -3.15. The summed E-state index contributed by atoms with van der Waals surface area (Å²) >= 11 is 0. The number of fused-ring (bicyclic) bond motifs is 1. The van der Waals surface area contributed by atoms with Crippen LogP contribution in [0.15, 0.2) is 36.5 Å². The zero-order valence-corrected chi connectivity index (χ0v) is 21.0. The highest BCUT2D eigenvalue weighted by Gasteiger charge is 2.34. The fourth-order valence-corrected chi connectivity index (χ4v) is 4.98. The molecule has 1 aromatic heterocycles. The van der Waals surface area contributed by atoms with Crippen LogP contribution in [0, 0.1) is 41.6 Å². The van der Waals surface area contributed by atoms with Gasteiger partial charge in [0.05, 0.1) is 24.7 Å². The zero-order valence-electron chi connectivity index (χ0n) is 21.0. The molecule has 1 saturated heterocycles. The predicted octanol–water partition coefficient (Wildman–Crippen LogP) is 5.89. The highest BCUT2D eigenvalue weighted by atomic mass is 19.2. The molecular weight excluding hydrogens is 484 g/mol. The molecule has 0 amide bonds. The molecule has 0 aliphatic carbocycles. The number of pyridine rings is 1. The Morgan fingerprint density at radius 3 is 2.62 bits per heavy atom. The molecule has 2 aromatic carbocycles. The van der Waals surface area contributed by atoms with Crippen molar-refractivity contribution in [1.82, 2.24) is 9.88 Å². The summed E-state index contributed by atoms with van der Waals surface area (Å²) in [4.78, 5) is 6.44. The second-order valence-electron chi connectivity index (χ2n) is 9.73. The molecule has 0 spiro atoms. The first-order valence-electron chi connectivity index (χ1n) is 12.3. The normalized spacial score (nSPS) is 16.3. The molecule has 0 radical (unpaired) electrons. The number of aliphatic hydroxyl groups excluding tert-OH is 1. The number of nitrogens with zero attached hydrogens (tertiary/aromatic N) is 2. The summed E-state index contributed by atoms with van der Waals surface area (Å²) in [5.74, 6) is 2.61. The number of aliphatic hydroxyl groups is 1. The summed E-state index contributed by atoms with van der Waals surface area (Å²) < 4.78 is 61.5. The van der Waals surface area contributed by atoms with E-state index in [1.165, 1.54) is 0 Å². The van der Waals surface area contributed by atoms with E-state index in [9.17, 15) is 18.3 Å². The lowest BCUT2D eigenvalue weighted by Crippen LogP contribution is -2.42. The van der Waals surface area contributed by atoms with Crippen molar-refractivity contribution in [3.63, 3.8) is 0 Å². The minimum atomic E-state index is -1.27. The molecule has 0 saturated carbocycles. The number of halogens is 4. The van der Waals surface area contributed by atoms with Crippen molar-refractivity contribution in [2.45, 2.75) is 38.8 Å². The molecule has 4 rings (SSSR count). The van der Waals surface area contributed by atoms with Crippen LogP contribution in [0.3, 0.4) is 0 Å². The van der Waals surface area contributed by atoms with E-state index in [0.717, 1.165) is 17.0 Å². The average Bonchev–Trinajstić information content (AvgIpc) is 2.90. The van der Waals surface area contributed by atoms with Gasteiger partial charge in [0.25, 0.3) is 0 Å². The average molecular weight is 515 g/mol. The second kappa shape index (κ2) is 11.5. The van der Waals surface area contributed by atoms with E-state index in [4.69, 9.17) is 4.74 Å². The van der Waals surface area contributed by atoms with Gasteiger partial charge < -0.3 is 9.84 Å². The van der Waals surface area contributed by atoms with Crippen LogP contribution in [0.1, 0.15) is 48.5 Å². The van der Waals surface area contributed by atoms with E-state index in [-0.39, 0.29) is 18.6 Å². The standard InChI is InChI=1S/C29H30F4N2O2/c1-19-17-34-26-6-5-22(37-2)16-23(26)27(19)24(31)7-8-29(18-36)9-12-35(13-10-29)11-3-4-20-14-21(30)15-25(32)28(20)33/h5-6,14-17,24,36H,7-13,18H2,1-2H3. The Kier molecular flexibility index (Phi) is 8.35. The molecule has 1 fully saturated rings. The number of methoxy groups -OCH3 is 1. The van der Waals surface area contributed by atoms with E-state index >= 15 is 4.39 Å². The molecule has 37 heavy (non-hydrogen) atoms.